The number of hydrogen-bond donors (Lipinski definition) is 1. The first-order chi connectivity index (χ1) is 9.40. The Balaban J connectivity index is 2.48. The van der Waals surface area contributed by atoms with E-state index in [1.165, 1.54) is 24.4 Å². The number of hydrogen-bond acceptors (Lipinski definition) is 5. The van der Waals surface area contributed by atoms with E-state index in [1.807, 2.05) is 0 Å². The van der Waals surface area contributed by atoms with E-state index in [2.05, 4.69) is 4.98 Å². The number of pyridine rings is 1. The molecule has 0 aliphatic carbocycles. The van der Waals surface area contributed by atoms with Crippen LogP contribution in [-0.4, -0.2) is 26.8 Å². The van der Waals surface area contributed by atoms with Gasteiger partial charge in [-0.25, -0.2) is 0 Å². The summed E-state index contributed by atoms with van der Waals surface area (Å²) in [6.45, 7) is 0. The average Bonchev–Trinajstić information content (AvgIpc) is 2.35. The first kappa shape index (κ1) is 14.9. The molecule has 1 atom stereocenters. The monoisotopic (exact) mass is 375 g/mol. The molecule has 1 aromatic heterocycles. The molecule has 0 spiro atoms. The van der Waals surface area contributed by atoms with Gasteiger partial charge in [0.25, 0.3) is 0 Å². The predicted molar refractivity (Wildman–Crippen MR) is 80.0 cm³/mol. The topological polar surface area (TPSA) is 91.3 Å². The SMILES string of the molecule is Nc1cc(Oc2ccnc([AsH2])c2[N+](=O)[O-])c(Cl)cc1Cl. The Kier molecular flexibility index (Phi) is 4.38. The van der Waals surface area contributed by atoms with E-state index in [-0.39, 0.29) is 32.9 Å². The van der Waals surface area contributed by atoms with Gasteiger partial charge in [0.15, 0.2) is 0 Å². The van der Waals surface area contributed by atoms with Crippen LogP contribution in [0.1, 0.15) is 0 Å². The van der Waals surface area contributed by atoms with E-state index in [1.54, 1.807) is 0 Å². The zero-order chi connectivity index (χ0) is 14.9. The van der Waals surface area contributed by atoms with Gasteiger partial charge in [-0.15, -0.1) is 0 Å². The molecule has 0 aliphatic rings. The van der Waals surface area contributed by atoms with Gasteiger partial charge in [0.05, 0.1) is 0 Å². The molecule has 6 nitrogen and oxygen atoms in total. The Hall–Kier alpha value is -1.49. The Morgan fingerprint density at radius 3 is 2.65 bits per heavy atom. The third kappa shape index (κ3) is 2.98. The van der Waals surface area contributed by atoms with Crippen molar-refractivity contribution in [2.75, 3.05) is 5.73 Å². The number of aromatic nitrogens is 1. The fourth-order valence-corrected chi connectivity index (χ4v) is 2.58. The number of nitrogens with zero attached hydrogens (tertiary/aromatic N) is 2. The second-order valence-corrected chi connectivity index (χ2v) is 5.67. The molecule has 2 rings (SSSR count). The fraction of sp³-hybridized carbons (Fsp3) is 0. The van der Waals surface area contributed by atoms with Crippen LogP contribution in [0.5, 0.6) is 11.5 Å². The Labute approximate surface area is 132 Å². The van der Waals surface area contributed by atoms with Crippen LogP contribution in [0.4, 0.5) is 11.4 Å². The number of nitrogen functional groups attached to an aromatic ring is 1. The van der Waals surface area contributed by atoms with Gasteiger partial charge in [-0.1, -0.05) is 0 Å². The van der Waals surface area contributed by atoms with Gasteiger partial charge in [-0.05, 0) is 0 Å². The molecular formula is C11H8AsCl2N3O3. The molecule has 0 bridgehead atoms. The second kappa shape index (κ2) is 5.87. The summed E-state index contributed by atoms with van der Waals surface area (Å²) >= 11 is 12.8. The van der Waals surface area contributed by atoms with Crippen molar-refractivity contribution in [3.8, 4) is 11.5 Å². The molecule has 9 heteroatoms. The molecule has 0 fully saturated rings. The van der Waals surface area contributed by atoms with Gasteiger partial charge in [0.1, 0.15) is 0 Å². The number of ether oxygens (including phenoxy) is 1. The van der Waals surface area contributed by atoms with E-state index in [0.717, 1.165) is 16.9 Å². The average molecular weight is 376 g/mol. The maximum absolute atomic E-state index is 11.1. The van der Waals surface area contributed by atoms with E-state index in [4.69, 9.17) is 33.7 Å². The summed E-state index contributed by atoms with van der Waals surface area (Å²) in [4.78, 5) is 14.4. The quantitative estimate of drug-likeness (QED) is 0.383. The molecule has 2 aromatic rings. The van der Waals surface area contributed by atoms with E-state index in [0.29, 0.717) is 4.48 Å². The van der Waals surface area contributed by atoms with Crippen molar-refractivity contribution in [2.24, 2.45) is 0 Å². The third-order valence-corrected chi connectivity index (χ3v) is 3.88. The number of rotatable bonds is 3. The molecule has 0 amide bonds. The van der Waals surface area contributed by atoms with Gasteiger partial charge in [0.2, 0.25) is 0 Å². The van der Waals surface area contributed by atoms with Gasteiger partial charge < -0.3 is 0 Å². The molecule has 0 radical (unpaired) electrons. The van der Waals surface area contributed by atoms with Crippen LogP contribution in [0.2, 0.25) is 10.0 Å². The van der Waals surface area contributed by atoms with Crippen LogP contribution in [-0.2, 0) is 0 Å². The Morgan fingerprint density at radius 2 is 2.00 bits per heavy atom. The molecule has 2 N–H and O–H groups in total. The number of nitro groups is 1. The van der Waals surface area contributed by atoms with Crippen molar-refractivity contribution in [1.82, 2.24) is 4.98 Å². The summed E-state index contributed by atoms with van der Waals surface area (Å²) in [5.74, 6) is 0.239. The molecule has 0 saturated carbocycles. The summed E-state index contributed by atoms with van der Waals surface area (Å²) < 4.78 is 5.78. The minimum absolute atomic E-state index is 0.0491. The van der Waals surface area contributed by atoms with Crippen molar-refractivity contribution in [1.29, 1.82) is 0 Å². The molecule has 1 unspecified atom stereocenters. The first-order valence-corrected chi connectivity index (χ1v) is 7.18. The first-order valence-electron chi connectivity index (χ1n) is 5.21. The molecule has 0 saturated heterocycles. The van der Waals surface area contributed by atoms with Gasteiger partial charge in [0, 0.05) is 0 Å². The summed E-state index contributed by atoms with van der Waals surface area (Å²) in [6.07, 6.45) is 1.42. The standard InChI is InChI=1S/C11H8AsCl2N3O3/c12-11-10(17(18)19)8(1-2-16-11)20-9-4-7(15)5(13)3-6(9)14/h1-4H,12,15H2. The molecule has 1 aromatic carbocycles. The van der Waals surface area contributed by atoms with Crippen molar-refractivity contribution in [3.63, 3.8) is 0 Å². The molecule has 20 heavy (non-hydrogen) atoms. The molecule has 1 heterocycles. The van der Waals surface area contributed by atoms with Crippen LogP contribution in [0, 0.1) is 10.1 Å². The van der Waals surface area contributed by atoms with E-state index in [9.17, 15) is 10.1 Å². The summed E-state index contributed by atoms with van der Waals surface area (Å²) in [6, 6.07) is 4.22. The van der Waals surface area contributed by atoms with Gasteiger partial charge in [-0.2, -0.15) is 0 Å². The minimum atomic E-state index is -0.549. The predicted octanol–water partition coefficient (Wildman–Crippen LogP) is 1.93. The summed E-state index contributed by atoms with van der Waals surface area (Å²) in [7, 11) is 0. The van der Waals surface area contributed by atoms with Crippen LogP contribution in [0.25, 0.3) is 0 Å². The van der Waals surface area contributed by atoms with Gasteiger partial charge in [-0.3, -0.25) is 0 Å². The zero-order valence-corrected chi connectivity index (χ0v) is 13.8. The maximum atomic E-state index is 11.1. The van der Waals surface area contributed by atoms with Crippen molar-refractivity contribution in [2.45, 2.75) is 0 Å². The number of benzene rings is 1. The van der Waals surface area contributed by atoms with Crippen LogP contribution < -0.4 is 15.0 Å². The van der Waals surface area contributed by atoms with Crippen molar-refractivity contribution < 1.29 is 9.66 Å². The normalized spacial score (nSPS) is 10.3. The van der Waals surface area contributed by atoms with Gasteiger partial charge >= 0.3 is 132 Å². The summed E-state index contributed by atoms with van der Waals surface area (Å²) in [5, 5.41) is 11.5. The van der Waals surface area contributed by atoms with Crippen molar-refractivity contribution in [3.05, 3.63) is 44.6 Å². The molecule has 104 valence electrons. The second-order valence-electron chi connectivity index (χ2n) is 3.71. The zero-order valence-electron chi connectivity index (χ0n) is 9.84. The summed E-state index contributed by atoms with van der Waals surface area (Å²) in [5.41, 5.74) is 5.73. The Morgan fingerprint density at radius 1 is 1.30 bits per heavy atom. The van der Waals surface area contributed by atoms with Crippen LogP contribution in [0.15, 0.2) is 24.4 Å². The van der Waals surface area contributed by atoms with Crippen LogP contribution >= 0.6 is 23.2 Å². The van der Waals surface area contributed by atoms with E-state index < -0.39 is 4.92 Å². The van der Waals surface area contributed by atoms with E-state index >= 15 is 0 Å². The Bertz CT molecular complexity index is 697. The number of anilines is 1. The fourth-order valence-electron chi connectivity index (χ4n) is 1.46. The molecular weight excluding hydrogens is 368 g/mol. The number of halogens is 2. The number of nitrogens with two attached hydrogens (primary N) is 1. The molecule has 0 aliphatic heterocycles. The third-order valence-electron chi connectivity index (χ3n) is 2.37. The van der Waals surface area contributed by atoms with Crippen molar-refractivity contribution >= 4 is 55.9 Å². The van der Waals surface area contributed by atoms with Crippen LogP contribution in [0.3, 0.4) is 0 Å².